The number of Topliss-reactive ketones (excluding diaryl/α,β-unsaturated/α-hetero) is 1. The molecule has 5 rings (SSSR count). The van der Waals surface area contributed by atoms with Crippen LogP contribution in [0.3, 0.4) is 0 Å². The Hall–Kier alpha value is -4.91. The third-order valence-electron chi connectivity index (χ3n) is 5.88. The molecule has 2 aromatic heterocycles. The van der Waals surface area contributed by atoms with Crippen molar-refractivity contribution in [3.8, 4) is 22.4 Å². The molecule has 0 spiro atoms. The molecule has 0 bridgehead atoms. The summed E-state index contributed by atoms with van der Waals surface area (Å²) in [6, 6.07) is 26.8. The molecule has 170 valence electrons. The van der Waals surface area contributed by atoms with Crippen molar-refractivity contribution in [2.75, 3.05) is 0 Å². The topological polar surface area (TPSA) is 94.6 Å². The average Bonchev–Trinajstić information content (AvgIpc) is 3.28. The first-order valence-corrected chi connectivity index (χ1v) is 10.9. The van der Waals surface area contributed by atoms with Crippen molar-refractivity contribution in [2.45, 2.75) is 6.92 Å². The van der Waals surface area contributed by atoms with E-state index >= 15 is 0 Å². The lowest BCUT2D eigenvalue weighted by molar-refractivity contribution is -0.384. The van der Waals surface area contributed by atoms with Gasteiger partial charge in [0.25, 0.3) is 5.69 Å². The highest BCUT2D eigenvalue weighted by atomic mass is 16.6. The molecule has 0 saturated heterocycles. The van der Waals surface area contributed by atoms with Crippen molar-refractivity contribution >= 4 is 22.8 Å². The Bertz CT molecular complexity index is 1600. The van der Waals surface area contributed by atoms with Crippen LogP contribution in [0.2, 0.25) is 0 Å². The Morgan fingerprint density at radius 3 is 2.20 bits per heavy atom. The van der Waals surface area contributed by atoms with Gasteiger partial charge in [0.15, 0.2) is 5.78 Å². The number of hydrogen-bond donors (Lipinski definition) is 0. The molecule has 0 radical (unpaired) electrons. The highest BCUT2D eigenvalue weighted by Gasteiger charge is 2.21. The predicted octanol–water partition coefficient (Wildman–Crippen LogP) is 6.01. The van der Waals surface area contributed by atoms with Gasteiger partial charge in [-0.15, -0.1) is 0 Å². The summed E-state index contributed by atoms with van der Waals surface area (Å²) in [4.78, 5) is 40.7. The predicted molar refractivity (Wildman–Crippen MR) is 133 cm³/mol. The van der Waals surface area contributed by atoms with Gasteiger partial charge in [-0.3, -0.25) is 24.1 Å². The maximum atomic E-state index is 13.2. The van der Waals surface area contributed by atoms with Crippen molar-refractivity contribution in [1.29, 1.82) is 0 Å². The number of carbonyl (C=O) groups is 2. The monoisotopic (exact) mass is 461 g/mol. The number of hydrogen-bond acceptors (Lipinski definition) is 5. The second-order valence-electron chi connectivity index (χ2n) is 8.11. The van der Waals surface area contributed by atoms with E-state index in [-0.39, 0.29) is 22.7 Å². The van der Waals surface area contributed by atoms with Crippen molar-refractivity contribution in [1.82, 2.24) is 9.38 Å². The second-order valence-corrected chi connectivity index (χ2v) is 8.11. The molecule has 3 aromatic carbocycles. The van der Waals surface area contributed by atoms with Gasteiger partial charge in [0.1, 0.15) is 6.33 Å². The normalized spacial score (nSPS) is 10.9. The number of non-ortho nitro benzene ring substituents is 1. The molecule has 0 aliphatic heterocycles. The van der Waals surface area contributed by atoms with E-state index in [0.717, 1.165) is 16.7 Å². The van der Waals surface area contributed by atoms with Gasteiger partial charge in [-0.1, -0.05) is 66.7 Å². The fourth-order valence-corrected chi connectivity index (χ4v) is 4.09. The van der Waals surface area contributed by atoms with Crippen LogP contribution in [-0.4, -0.2) is 25.9 Å². The summed E-state index contributed by atoms with van der Waals surface area (Å²) in [7, 11) is 0. The molecule has 0 saturated carbocycles. The quantitative estimate of drug-likeness (QED) is 0.175. The third kappa shape index (κ3) is 4.11. The van der Waals surface area contributed by atoms with Crippen molar-refractivity contribution in [3.63, 3.8) is 0 Å². The molecule has 0 N–H and O–H groups in total. The maximum absolute atomic E-state index is 13.2. The van der Waals surface area contributed by atoms with Gasteiger partial charge in [0, 0.05) is 28.8 Å². The lowest BCUT2D eigenvalue weighted by atomic mass is 10.0. The van der Waals surface area contributed by atoms with E-state index in [1.165, 1.54) is 43.6 Å². The molecular weight excluding hydrogens is 442 g/mol. The van der Waals surface area contributed by atoms with Crippen LogP contribution in [0.5, 0.6) is 0 Å². The van der Waals surface area contributed by atoms with Crippen LogP contribution in [0.4, 0.5) is 5.69 Å². The van der Waals surface area contributed by atoms with Crippen molar-refractivity contribution in [3.05, 3.63) is 124 Å². The van der Waals surface area contributed by atoms with Gasteiger partial charge in [-0.25, -0.2) is 4.98 Å². The summed E-state index contributed by atoms with van der Waals surface area (Å²) in [5.74, 6) is -0.630. The Kier molecular flexibility index (Phi) is 5.51. The lowest BCUT2D eigenvalue weighted by Crippen LogP contribution is -2.06. The van der Waals surface area contributed by atoms with Gasteiger partial charge in [0.2, 0.25) is 5.78 Å². The number of rotatable bonds is 6. The highest BCUT2D eigenvalue weighted by molar-refractivity contribution is 6.12. The van der Waals surface area contributed by atoms with E-state index in [1.807, 2.05) is 54.6 Å². The Balaban J connectivity index is 1.56. The molecule has 2 heterocycles. The van der Waals surface area contributed by atoms with Crippen molar-refractivity contribution < 1.29 is 14.5 Å². The molecule has 0 atom stereocenters. The number of ketones is 2. The van der Waals surface area contributed by atoms with Crippen LogP contribution < -0.4 is 0 Å². The molecule has 0 fully saturated rings. The zero-order valence-electron chi connectivity index (χ0n) is 18.7. The van der Waals surface area contributed by atoms with Gasteiger partial charge in [-0.2, -0.15) is 0 Å². The number of carbonyl (C=O) groups excluding carboxylic acids is 2. The van der Waals surface area contributed by atoms with Crippen LogP contribution in [0.1, 0.15) is 33.3 Å². The number of nitro benzene ring substituents is 1. The van der Waals surface area contributed by atoms with E-state index in [9.17, 15) is 19.7 Å². The summed E-state index contributed by atoms with van der Waals surface area (Å²) in [5, 5.41) is 11.1. The van der Waals surface area contributed by atoms with Gasteiger partial charge >= 0.3 is 0 Å². The minimum atomic E-state index is -0.551. The Labute approximate surface area is 200 Å². The number of nitro groups is 1. The van der Waals surface area contributed by atoms with Crippen molar-refractivity contribution in [2.24, 2.45) is 0 Å². The van der Waals surface area contributed by atoms with E-state index in [4.69, 9.17) is 0 Å². The molecule has 0 unspecified atom stereocenters. The van der Waals surface area contributed by atoms with Gasteiger partial charge in [0.05, 0.1) is 21.8 Å². The summed E-state index contributed by atoms with van der Waals surface area (Å²) in [6.45, 7) is 1.44. The Morgan fingerprint density at radius 2 is 1.51 bits per heavy atom. The standard InChI is InChI=1S/C28H19N3O4/c1-18(32)24-15-27(28(33)22-8-5-9-23(14-22)31(34)35)30-17-29-25(16-26(24)30)21-12-10-20(11-13-21)19-6-3-2-4-7-19/h2-17H,1H3. The number of fused-ring (bicyclic) bond motifs is 1. The largest absolute Gasteiger partial charge is 0.296 e. The number of nitrogens with zero attached hydrogens (tertiary/aromatic N) is 3. The van der Waals surface area contributed by atoms with E-state index in [2.05, 4.69) is 4.98 Å². The first-order valence-electron chi connectivity index (χ1n) is 10.9. The number of aromatic nitrogens is 2. The average molecular weight is 461 g/mol. The summed E-state index contributed by atoms with van der Waals surface area (Å²) >= 11 is 0. The second kappa shape index (κ2) is 8.79. The smallest absolute Gasteiger partial charge is 0.270 e. The molecule has 7 heteroatoms. The van der Waals surface area contributed by atoms with Crippen LogP contribution in [-0.2, 0) is 0 Å². The Morgan fingerprint density at radius 1 is 0.829 bits per heavy atom. The summed E-state index contributed by atoms with van der Waals surface area (Å²) < 4.78 is 1.56. The van der Waals surface area contributed by atoms with E-state index in [0.29, 0.717) is 16.8 Å². The van der Waals surface area contributed by atoms with E-state index < -0.39 is 10.7 Å². The zero-order valence-corrected chi connectivity index (χ0v) is 18.7. The summed E-state index contributed by atoms with van der Waals surface area (Å²) in [6.07, 6.45) is 1.51. The van der Waals surface area contributed by atoms with Crippen LogP contribution in [0, 0.1) is 10.1 Å². The molecule has 0 aliphatic carbocycles. The number of benzene rings is 3. The molecule has 35 heavy (non-hydrogen) atoms. The fraction of sp³-hybridized carbons (Fsp3) is 0.0357. The molecule has 0 aliphatic rings. The molecular formula is C28H19N3O4. The van der Waals surface area contributed by atoms with Crippen LogP contribution in [0.15, 0.2) is 97.3 Å². The minimum Gasteiger partial charge on any atom is -0.296 e. The summed E-state index contributed by atoms with van der Waals surface area (Å²) in [5.41, 5.74) is 4.83. The first kappa shape index (κ1) is 21.9. The molecule has 7 nitrogen and oxygen atoms in total. The SMILES string of the molecule is CC(=O)c1cc(C(=O)c2cccc([N+](=O)[O-])c2)n2cnc(-c3ccc(-c4ccccc4)cc3)cc12. The van der Waals surface area contributed by atoms with Crippen LogP contribution >= 0.6 is 0 Å². The lowest BCUT2D eigenvalue weighted by Gasteiger charge is -2.07. The minimum absolute atomic E-state index is 0.161. The third-order valence-corrected chi connectivity index (χ3v) is 5.88. The highest BCUT2D eigenvalue weighted by Crippen LogP contribution is 2.27. The van der Waals surface area contributed by atoms with Crippen LogP contribution in [0.25, 0.3) is 27.9 Å². The molecule has 0 amide bonds. The van der Waals surface area contributed by atoms with Gasteiger partial charge in [-0.05, 0) is 30.2 Å². The zero-order chi connectivity index (χ0) is 24.5. The first-order chi connectivity index (χ1) is 16.9. The van der Waals surface area contributed by atoms with E-state index in [1.54, 1.807) is 10.5 Å². The fourth-order valence-electron chi connectivity index (χ4n) is 4.09. The maximum Gasteiger partial charge on any atom is 0.270 e. The molecule has 5 aromatic rings. The van der Waals surface area contributed by atoms with Gasteiger partial charge < -0.3 is 0 Å².